The quantitative estimate of drug-likeness (QED) is 0.170. The molecule has 214 valence electrons. The Labute approximate surface area is 257 Å². The van der Waals surface area contributed by atoms with E-state index in [2.05, 4.69) is 44.4 Å². The lowest BCUT2D eigenvalue weighted by Gasteiger charge is -2.33. The van der Waals surface area contributed by atoms with Gasteiger partial charge < -0.3 is 9.32 Å². The van der Waals surface area contributed by atoms with Gasteiger partial charge in [-0.15, -0.1) is 21.5 Å². The van der Waals surface area contributed by atoms with Gasteiger partial charge in [0.15, 0.2) is 10.9 Å². The smallest absolute Gasteiger partial charge is 0.273 e. The molecule has 1 aliphatic rings. The molecule has 0 radical (unpaired) electrons. The number of benzene rings is 2. The molecule has 0 spiro atoms. The van der Waals surface area contributed by atoms with Crippen LogP contribution < -0.4 is 0 Å². The first-order chi connectivity index (χ1) is 20.5. The number of nitrogens with zero attached hydrogens (tertiary/aromatic N) is 6. The normalized spacial score (nSPS) is 14.2. The van der Waals surface area contributed by atoms with Gasteiger partial charge in [-0.25, -0.2) is 4.98 Å². The van der Waals surface area contributed by atoms with Gasteiger partial charge in [0.25, 0.3) is 5.91 Å². The fraction of sp³-hybridized carbons (Fsp3) is 0.226. The van der Waals surface area contributed by atoms with Crippen LogP contribution in [-0.4, -0.2) is 68.2 Å². The van der Waals surface area contributed by atoms with Crippen molar-refractivity contribution in [2.24, 2.45) is 0 Å². The average Bonchev–Trinajstić information content (AvgIpc) is 3.79. The third-order valence-electron chi connectivity index (χ3n) is 7.02. The highest BCUT2D eigenvalue weighted by Gasteiger charge is 2.24. The summed E-state index contributed by atoms with van der Waals surface area (Å²) in [7, 11) is 0. The van der Waals surface area contributed by atoms with Gasteiger partial charge >= 0.3 is 0 Å². The van der Waals surface area contributed by atoms with E-state index in [0.29, 0.717) is 46.3 Å². The molecule has 0 aliphatic carbocycles. The lowest BCUT2D eigenvalue weighted by atomic mass is 10.2. The van der Waals surface area contributed by atoms with Crippen molar-refractivity contribution >= 4 is 46.7 Å². The third-order valence-corrected chi connectivity index (χ3v) is 9.22. The molecule has 1 aliphatic heterocycles. The fourth-order valence-electron chi connectivity index (χ4n) is 4.77. The summed E-state index contributed by atoms with van der Waals surface area (Å²) in [4.78, 5) is 22.2. The molecule has 0 bridgehead atoms. The summed E-state index contributed by atoms with van der Waals surface area (Å²) >= 11 is 9.35. The van der Waals surface area contributed by atoms with E-state index in [0.717, 1.165) is 35.9 Å². The van der Waals surface area contributed by atoms with Crippen molar-refractivity contribution in [3.63, 3.8) is 0 Å². The molecule has 0 atom stereocenters. The first kappa shape index (κ1) is 28.4. The van der Waals surface area contributed by atoms with Crippen LogP contribution in [0.1, 0.15) is 26.6 Å². The third kappa shape index (κ3) is 6.52. The van der Waals surface area contributed by atoms with E-state index < -0.39 is 0 Å². The molecule has 42 heavy (non-hydrogen) atoms. The highest BCUT2D eigenvalue weighted by atomic mass is 35.5. The first-order valence-corrected chi connectivity index (χ1v) is 15.9. The number of halogens is 1. The van der Waals surface area contributed by atoms with Crippen molar-refractivity contribution in [1.82, 2.24) is 29.5 Å². The number of aryl methyl sites for hydroxylation is 1. The largest absolute Gasteiger partial charge is 0.461 e. The predicted octanol–water partition coefficient (Wildman–Crippen LogP) is 6.71. The zero-order valence-electron chi connectivity index (χ0n) is 23.0. The Morgan fingerprint density at radius 3 is 2.69 bits per heavy atom. The fourth-order valence-corrected chi connectivity index (χ4v) is 6.67. The highest BCUT2D eigenvalue weighted by molar-refractivity contribution is 7.98. The summed E-state index contributed by atoms with van der Waals surface area (Å²) in [5, 5.41) is 12.9. The number of amides is 1. The van der Waals surface area contributed by atoms with Gasteiger partial charge in [0.05, 0.1) is 17.7 Å². The van der Waals surface area contributed by atoms with Crippen LogP contribution in [0.5, 0.6) is 0 Å². The maximum absolute atomic E-state index is 13.2. The number of carbonyl (C=O) groups excluding carboxylic acids is 1. The Morgan fingerprint density at radius 1 is 1.07 bits per heavy atom. The summed E-state index contributed by atoms with van der Waals surface area (Å²) in [5.41, 5.74) is 3.60. The van der Waals surface area contributed by atoms with Crippen molar-refractivity contribution in [3.05, 3.63) is 105 Å². The van der Waals surface area contributed by atoms with Crippen molar-refractivity contribution in [3.8, 4) is 17.3 Å². The molecule has 6 rings (SSSR count). The molecule has 0 unspecified atom stereocenters. The van der Waals surface area contributed by atoms with Crippen LogP contribution in [0.4, 0.5) is 0 Å². The van der Waals surface area contributed by atoms with Crippen LogP contribution >= 0.6 is 34.7 Å². The second-order valence-corrected chi connectivity index (χ2v) is 12.2. The standard InChI is InChI=1S/C31H29ClN6O2S2/c1-22-11-12-24(32)19-26(22)38-29(27-10-6-18-40-27)34-35-31(38)42-21-28-33-25(20-41-28)30(39)37-16-14-36(15-17-37)13-5-9-23-7-3-2-4-8-23/h2-12,18-20H,13-17,21H2,1H3. The van der Waals surface area contributed by atoms with E-state index in [-0.39, 0.29) is 5.91 Å². The van der Waals surface area contributed by atoms with Gasteiger partial charge in [-0.1, -0.05) is 71.9 Å². The summed E-state index contributed by atoms with van der Waals surface area (Å²) in [6, 6.07) is 19.7. The molecule has 8 nitrogen and oxygen atoms in total. The van der Waals surface area contributed by atoms with E-state index in [1.165, 1.54) is 28.7 Å². The average molecular weight is 617 g/mol. The Bertz CT molecular complexity index is 1670. The van der Waals surface area contributed by atoms with Crippen molar-refractivity contribution in [1.29, 1.82) is 0 Å². The number of piperazine rings is 1. The number of furan rings is 1. The van der Waals surface area contributed by atoms with E-state index in [1.54, 1.807) is 6.26 Å². The van der Waals surface area contributed by atoms with Crippen molar-refractivity contribution in [2.75, 3.05) is 32.7 Å². The number of aromatic nitrogens is 4. The molecule has 2 aromatic carbocycles. The van der Waals surface area contributed by atoms with Crippen LogP contribution in [0.2, 0.25) is 5.02 Å². The number of carbonyl (C=O) groups is 1. The summed E-state index contributed by atoms with van der Waals surface area (Å²) in [6.45, 7) is 5.96. The Morgan fingerprint density at radius 2 is 1.90 bits per heavy atom. The van der Waals surface area contributed by atoms with Crippen LogP contribution in [0.3, 0.4) is 0 Å². The molecule has 11 heteroatoms. The summed E-state index contributed by atoms with van der Waals surface area (Å²) < 4.78 is 7.59. The summed E-state index contributed by atoms with van der Waals surface area (Å²) in [5.74, 6) is 1.75. The van der Waals surface area contributed by atoms with Gasteiger partial charge in [-0.05, 0) is 42.3 Å². The molecule has 4 heterocycles. The summed E-state index contributed by atoms with van der Waals surface area (Å²) in [6.07, 6.45) is 5.94. The number of hydrogen-bond donors (Lipinski definition) is 0. The van der Waals surface area contributed by atoms with Crippen LogP contribution in [0, 0.1) is 6.92 Å². The lowest BCUT2D eigenvalue weighted by molar-refractivity contribution is 0.0645. The number of thioether (sulfide) groups is 1. The highest BCUT2D eigenvalue weighted by Crippen LogP contribution is 2.33. The van der Waals surface area contributed by atoms with E-state index >= 15 is 0 Å². The minimum atomic E-state index is -0.0141. The van der Waals surface area contributed by atoms with Crippen molar-refractivity contribution < 1.29 is 9.21 Å². The Hall–Kier alpha value is -3.70. The van der Waals surface area contributed by atoms with E-state index in [1.807, 2.05) is 70.3 Å². The molecular weight excluding hydrogens is 588 g/mol. The van der Waals surface area contributed by atoms with Gasteiger partial charge in [0.1, 0.15) is 10.7 Å². The Kier molecular flexibility index (Phi) is 8.85. The lowest BCUT2D eigenvalue weighted by Crippen LogP contribution is -2.48. The second-order valence-electron chi connectivity index (χ2n) is 9.87. The van der Waals surface area contributed by atoms with Gasteiger partial charge in [0.2, 0.25) is 5.82 Å². The number of thiazole rings is 1. The molecule has 1 fully saturated rings. The molecular formula is C31H29ClN6O2S2. The van der Waals surface area contributed by atoms with E-state index in [4.69, 9.17) is 16.0 Å². The monoisotopic (exact) mass is 616 g/mol. The maximum Gasteiger partial charge on any atom is 0.273 e. The molecule has 5 aromatic rings. The van der Waals surface area contributed by atoms with Crippen LogP contribution in [0.15, 0.2) is 88.0 Å². The van der Waals surface area contributed by atoms with Crippen LogP contribution in [0.25, 0.3) is 23.3 Å². The second kappa shape index (κ2) is 13.1. The molecule has 3 aromatic heterocycles. The van der Waals surface area contributed by atoms with Gasteiger partial charge in [-0.3, -0.25) is 14.3 Å². The number of rotatable bonds is 9. The topological polar surface area (TPSA) is 80.3 Å². The minimum absolute atomic E-state index is 0.0141. The van der Waals surface area contributed by atoms with Crippen LogP contribution in [-0.2, 0) is 5.75 Å². The minimum Gasteiger partial charge on any atom is -0.461 e. The Balaban J connectivity index is 1.08. The SMILES string of the molecule is Cc1ccc(Cl)cc1-n1c(SCc2nc(C(=O)N3CCN(CC=Cc4ccccc4)CC3)cs2)nnc1-c1ccco1. The maximum atomic E-state index is 13.2. The zero-order valence-corrected chi connectivity index (χ0v) is 25.4. The zero-order chi connectivity index (χ0) is 28.9. The molecule has 1 saturated heterocycles. The number of hydrogen-bond acceptors (Lipinski definition) is 8. The predicted molar refractivity (Wildman–Crippen MR) is 168 cm³/mol. The van der Waals surface area contributed by atoms with Gasteiger partial charge in [0, 0.05) is 43.1 Å². The molecule has 1 amide bonds. The van der Waals surface area contributed by atoms with Gasteiger partial charge in [-0.2, -0.15) is 0 Å². The first-order valence-electron chi connectivity index (χ1n) is 13.6. The van der Waals surface area contributed by atoms with E-state index in [9.17, 15) is 4.79 Å². The van der Waals surface area contributed by atoms with Crippen molar-refractivity contribution in [2.45, 2.75) is 17.8 Å². The molecule has 0 saturated carbocycles. The molecule has 0 N–H and O–H groups in total.